The molecule has 1 atom stereocenters. The predicted octanol–water partition coefficient (Wildman–Crippen LogP) is 1.96. The number of phenolic OH excluding ortho intramolecular Hbond substituents is 1. The Morgan fingerprint density at radius 2 is 1.64 bits per heavy atom. The predicted molar refractivity (Wildman–Crippen MR) is 135 cm³/mol. The number of hydrogen-bond donors (Lipinski definition) is 4. The number of para-hydroxylation sites is 1. The fourth-order valence-corrected chi connectivity index (χ4v) is 4.77. The average Bonchev–Trinajstić information content (AvgIpc) is 2.81. The van der Waals surface area contributed by atoms with Crippen LogP contribution in [0.3, 0.4) is 0 Å². The van der Waals surface area contributed by atoms with E-state index in [1.54, 1.807) is 26.0 Å². The number of benzene rings is 2. The second-order valence-electron chi connectivity index (χ2n) is 8.81. The van der Waals surface area contributed by atoms with E-state index < -0.39 is 33.8 Å². The maximum atomic E-state index is 12.9. The van der Waals surface area contributed by atoms with Gasteiger partial charge in [0.05, 0.1) is 17.9 Å². The molecule has 0 saturated heterocycles. The summed E-state index contributed by atoms with van der Waals surface area (Å²) in [7, 11) is -3.90. The van der Waals surface area contributed by atoms with Gasteiger partial charge in [0.1, 0.15) is 11.8 Å². The van der Waals surface area contributed by atoms with Gasteiger partial charge in [0, 0.05) is 13.1 Å². The molecule has 0 spiro atoms. The van der Waals surface area contributed by atoms with Gasteiger partial charge >= 0.3 is 5.97 Å². The monoisotopic (exact) mass is 519 g/mol. The van der Waals surface area contributed by atoms with Crippen LogP contribution < -0.4 is 10.0 Å². The highest BCUT2D eigenvalue weighted by Crippen LogP contribution is 2.15. The molecule has 1 unspecified atom stereocenters. The molecule has 0 aliphatic heterocycles. The Morgan fingerprint density at radius 3 is 2.25 bits per heavy atom. The largest absolute Gasteiger partial charge is 0.507 e. The highest BCUT2D eigenvalue weighted by molar-refractivity contribution is 7.89. The van der Waals surface area contributed by atoms with E-state index >= 15 is 0 Å². The number of aliphatic carboxylic acids is 1. The topological polar surface area (TPSA) is 153 Å². The van der Waals surface area contributed by atoms with Crippen LogP contribution in [0.15, 0.2) is 54.6 Å². The molecule has 0 bridgehead atoms. The summed E-state index contributed by atoms with van der Waals surface area (Å²) in [4.78, 5) is 38.1. The van der Waals surface area contributed by atoms with Crippen molar-refractivity contribution >= 4 is 27.8 Å². The Hall–Kier alpha value is -3.44. The van der Waals surface area contributed by atoms with Crippen molar-refractivity contribution in [3.8, 4) is 5.75 Å². The number of carboxylic acid groups (broad SMARTS) is 1. The first-order valence-corrected chi connectivity index (χ1v) is 13.2. The lowest BCUT2D eigenvalue weighted by atomic mass is 10.1. The van der Waals surface area contributed by atoms with Gasteiger partial charge in [-0.15, -0.1) is 0 Å². The van der Waals surface area contributed by atoms with Crippen LogP contribution >= 0.6 is 0 Å². The van der Waals surface area contributed by atoms with E-state index in [0.717, 1.165) is 5.56 Å². The van der Waals surface area contributed by atoms with E-state index in [-0.39, 0.29) is 55.5 Å². The Kier molecular flexibility index (Phi) is 10.9. The maximum Gasteiger partial charge on any atom is 0.321 e. The molecule has 0 aliphatic carbocycles. The summed E-state index contributed by atoms with van der Waals surface area (Å²) in [5, 5.41) is 21.6. The number of aromatic hydroxyl groups is 1. The van der Waals surface area contributed by atoms with Gasteiger partial charge in [-0.25, -0.2) is 13.1 Å². The van der Waals surface area contributed by atoms with Crippen molar-refractivity contribution in [3.05, 3.63) is 65.7 Å². The third-order valence-electron chi connectivity index (χ3n) is 5.29. The highest BCUT2D eigenvalue weighted by Gasteiger charge is 2.25. The molecule has 0 saturated carbocycles. The molecule has 0 aliphatic rings. The standard InChI is InChI=1S/C25H33N3O7S/c1-18(2)15-21(25(32)33)27-36(34,35)14-8-13-28(17-19-9-4-3-5-10-19)23(30)16-26-24(31)20-11-6-7-12-22(20)29/h3-7,9-12,18,21,27,29H,8,13-17H2,1-2H3,(H,26,31)(H,32,33). The second kappa shape index (κ2) is 13.6. The van der Waals surface area contributed by atoms with Crippen molar-refractivity contribution in [1.29, 1.82) is 0 Å². The smallest absolute Gasteiger partial charge is 0.321 e. The van der Waals surface area contributed by atoms with Crippen LogP contribution in [-0.2, 0) is 26.2 Å². The molecule has 2 aromatic carbocycles. The summed E-state index contributed by atoms with van der Waals surface area (Å²) >= 11 is 0. The van der Waals surface area contributed by atoms with Gasteiger partial charge in [0.25, 0.3) is 5.91 Å². The van der Waals surface area contributed by atoms with Crippen molar-refractivity contribution in [1.82, 2.24) is 14.9 Å². The van der Waals surface area contributed by atoms with Gasteiger partial charge in [0.2, 0.25) is 15.9 Å². The number of carboxylic acids is 1. The van der Waals surface area contributed by atoms with Gasteiger partial charge in [-0.1, -0.05) is 56.3 Å². The van der Waals surface area contributed by atoms with Gasteiger partial charge in [-0.3, -0.25) is 14.4 Å². The number of rotatable bonds is 14. The number of carbonyl (C=O) groups excluding carboxylic acids is 2. The molecule has 196 valence electrons. The fraction of sp³-hybridized carbons (Fsp3) is 0.400. The van der Waals surface area contributed by atoms with Crippen molar-refractivity contribution in [2.24, 2.45) is 5.92 Å². The minimum Gasteiger partial charge on any atom is -0.507 e. The third-order valence-corrected chi connectivity index (χ3v) is 6.76. The van der Waals surface area contributed by atoms with Crippen LogP contribution in [-0.4, -0.2) is 66.2 Å². The molecule has 0 heterocycles. The van der Waals surface area contributed by atoms with Crippen molar-refractivity contribution in [2.75, 3.05) is 18.8 Å². The lowest BCUT2D eigenvalue weighted by Crippen LogP contribution is -2.43. The maximum absolute atomic E-state index is 12.9. The molecular formula is C25H33N3O7S. The van der Waals surface area contributed by atoms with Crippen LogP contribution in [0.4, 0.5) is 0 Å². The zero-order valence-corrected chi connectivity index (χ0v) is 21.2. The van der Waals surface area contributed by atoms with Gasteiger partial charge < -0.3 is 20.4 Å². The van der Waals surface area contributed by atoms with E-state index in [4.69, 9.17) is 0 Å². The quantitative estimate of drug-likeness (QED) is 0.298. The molecule has 0 aromatic heterocycles. The van der Waals surface area contributed by atoms with Crippen molar-refractivity contribution in [3.63, 3.8) is 0 Å². The third kappa shape index (κ3) is 9.67. The lowest BCUT2D eigenvalue weighted by molar-refractivity contribution is -0.139. The van der Waals surface area contributed by atoms with Gasteiger partial charge in [0.15, 0.2) is 0 Å². The molecule has 2 aromatic rings. The van der Waals surface area contributed by atoms with E-state index in [0.29, 0.717) is 0 Å². The number of amides is 2. The zero-order valence-electron chi connectivity index (χ0n) is 20.4. The molecule has 4 N–H and O–H groups in total. The van der Waals surface area contributed by atoms with Crippen LogP contribution in [0.2, 0.25) is 0 Å². The Morgan fingerprint density at radius 1 is 1.00 bits per heavy atom. The molecule has 0 radical (unpaired) electrons. The van der Waals surface area contributed by atoms with E-state index in [1.807, 2.05) is 30.3 Å². The first-order chi connectivity index (χ1) is 17.0. The number of sulfonamides is 1. The van der Waals surface area contributed by atoms with Gasteiger partial charge in [-0.05, 0) is 36.5 Å². The summed E-state index contributed by atoms with van der Waals surface area (Å²) < 4.78 is 27.2. The second-order valence-corrected chi connectivity index (χ2v) is 10.7. The first kappa shape index (κ1) is 28.8. The zero-order chi connectivity index (χ0) is 26.7. The summed E-state index contributed by atoms with van der Waals surface area (Å²) in [6.45, 7) is 3.53. The Balaban J connectivity index is 2.02. The minimum absolute atomic E-state index is 0.0132. The normalized spacial score (nSPS) is 12.2. The molecule has 11 heteroatoms. The summed E-state index contributed by atoms with van der Waals surface area (Å²) in [6.07, 6.45) is 0.221. The van der Waals surface area contributed by atoms with E-state index in [2.05, 4.69) is 10.0 Å². The highest BCUT2D eigenvalue weighted by atomic mass is 32.2. The fourth-order valence-electron chi connectivity index (χ4n) is 3.52. The number of hydrogen-bond acceptors (Lipinski definition) is 6. The molecule has 2 amide bonds. The Labute approximate surface area is 211 Å². The average molecular weight is 520 g/mol. The molecular weight excluding hydrogens is 486 g/mol. The molecule has 2 rings (SSSR count). The molecule has 36 heavy (non-hydrogen) atoms. The summed E-state index contributed by atoms with van der Waals surface area (Å²) in [5.41, 5.74) is 0.855. The lowest BCUT2D eigenvalue weighted by Gasteiger charge is -2.23. The van der Waals surface area contributed by atoms with Crippen LogP contribution in [0.25, 0.3) is 0 Å². The summed E-state index contributed by atoms with van der Waals surface area (Å²) in [6, 6.07) is 13.8. The van der Waals surface area contributed by atoms with Crippen molar-refractivity contribution in [2.45, 2.75) is 39.3 Å². The van der Waals surface area contributed by atoms with Crippen LogP contribution in [0.1, 0.15) is 42.6 Å². The SMILES string of the molecule is CC(C)CC(NS(=O)(=O)CCCN(Cc1ccccc1)C(=O)CNC(=O)c1ccccc1O)C(=O)O. The molecule has 0 fully saturated rings. The minimum atomic E-state index is -3.90. The summed E-state index contributed by atoms with van der Waals surface area (Å²) in [5.74, 6) is -2.88. The van der Waals surface area contributed by atoms with Crippen LogP contribution in [0, 0.1) is 5.92 Å². The molecule has 10 nitrogen and oxygen atoms in total. The number of nitrogens with zero attached hydrogens (tertiary/aromatic N) is 1. The van der Waals surface area contributed by atoms with Crippen LogP contribution in [0.5, 0.6) is 5.75 Å². The number of phenols is 1. The number of carbonyl (C=O) groups is 3. The number of nitrogens with one attached hydrogen (secondary N) is 2. The van der Waals surface area contributed by atoms with Gasteiger partial charge in [-0.2, -0.15) is 0 Å². The van der Waals surface area contributed by atoms with Crippen molar-refractivity contribution < 1.29 is 33.0 Å². The Bertz CT molecular complexity index is 1140. The first-order valence-electron chi connectivity index (χ1n) is 11.6. The van der Waals surface area contributed by atoms with E-state index in [1.165, 1.54) is 17.0 Å². The van der Waals surface area contributed by atoms with E-state index in [9.17, 15) is 33.0 Å².